The number of carbonyl (C=O) groups is 2. The van der Waals surface area contributed by atoms with Gasteiger partial charge in [0.1, 0.15) is 0 Å². The molecule has 2 unspecified atom stereocenters. The van der Waals surface area contributed by atoms with E-state index in [2.05, 4.69) is 48.1 Å². The van der Waals surface area contributed by atoms with Crippen LogP contribution in [0.3, 0.4) is 0 Å². The largest absolute Gasteiger partial charge is 0.346 e. The maximum Gasteiger partial charge on any atom is 0.222 e. The molecule has 2 fully saturated rings. The first kappa shape index (κ1) is 24.4. The minimum atomic E-state index is 0.266. The van der Waals surface area contributed by atoms with Gasteiger partial charge in [-0.1, -0.05) is 12.1 Å². The van der Waals surface area contributed by atoms with Gasteiger partial charge in [-0.05, 0) is 95.2 Å². The summed E-state index contributed by atoms with van der Waals surface area (Å²) in [4.78, 5) is 35.9. The SMILES string of the molecule is Cc1cc2c(cc1C1CCN(C)C(=O)C1)CN=C2.Cc1cc2c(cc1C1CCN(C)C(=O)C1)CN=C2. The normalized spacial score (nSPS) is 22.4. The lowest BCUT2D eigenvalue weighted by Gasteiger charge is -2.30. The Labute approximate surface area is 214 Å². The first-order valence-corrected chi connectivity index (χ1v) is 13.0. The summed E-state index contributed by atoms with van der Waals surface area (Å²) in [6, 6.07) is 8.95. The number of aliphatic imine (C=N–C) groups is 2. The Hall–Kier alpha value is -3.28. The van der Waals surface area contributed by atoms with E-state index in [1.165, 1.54) is 44.5 Å². The predicted molar refractivity (Wildman–Crippen MR) is 144 cm³/mol. The molecule has 6 rings (SSSR count). The molecule has 2 atom stereocenters. The molecule has 6 heteroatoms. The molecule has 0 N–H and O–H groups in total. The van der Waals surface area contributed by atoms with Crippen LogP contribution < -0.4 is 0 Å². The number of benzene rings is 2. The molecule has 2 aromatic rings. The topological polar surface area (TPSA) is 65.3 Å². The average molecular weight is 485 g/mol. The number of piperidine rings is 2. The number of aryl methyl sites for hydroxylation is 2. The number of carbonyl (C=O) groups excluding carboxylic acids is 2. The average Bonchev–Trinajstić information content (AvgIpc) is 3.50. The van der Waals surface area contributed by atoms with Crippen LogP contribution in [0.15, 0.2) is 34.3 Å². The zero-order valence-corrected chi connectivity index (χ0v) is 21.9. The van der Waals surface area contributed by atoms with E-state index >= 15 is 0 Å². The van der Waals surface area contributed by atoms with Gasteiger partial charge in [0.2, 0.25) is 11.8 Å². The highest BCUT2D eigenvalue weighted by Crippen LogP contribution is 2.34. The summed E-state index contributed by atoms with van der Waals surface area (Å²) in [6.07, 6.45) is 7.34. The molecule has 2 saturated heterocycles. The molecular weight excluding hydrogens is 448 g/mol. The van der Waals surface area contributed by atoms with Gasteiger partial charge < -0.3 is 9.80 Å². The third-order valence-corrected chi connectivity index (χ3v) is 8.24. The van der Waals surface area contributed by atoms with E-state index in [1.807, 2.05) is 36.3 Å². The molecule has 2 aromatic carbocycles. The first-order valence-electron chi connectivity index (χ1n) is 13.0. The van der Waals surface area contributed by atoms with Crippen molar-refractivity contribution in [2.24, 2.45) is 9.98 Å². The standard InChI is InChI=1S/2C15H18N2O/c2*1-10-5-12-8-16-9-13(12)6-14(10)11-3-4-17(2)15(18)7-11/h2*5-6,8,11H,3-4,7,9H2,1-2H3. The molecule has 0 spiro atoms. The van der Waals surface area contributed by atoms with E-state index in [0.717, 1.165) is 39.0 Å². The summed E-state index contributed by atoms with van der Waals surface area (Å²) >= 11 is 0. The fourth-order valence-electron chi connectivity index (χ4n) is 5.88. The van der Waals surface area contributed by atoms with Gasteiger partial charge in [0.25, 0.3) is 0 Å². The number of hydrogen-bond acceptors (Lipinski definition) is 4. The summed E-state index contributed by atoms with van der Waals surface area (Å²) in [6.45, 7) is 7.62. The van der Waals surface area contributed by atoms with E-state index < -0.39 is 0 Å². The molecular formula is C30H36N4O2. The fraction of sp³-hybridized carbons (Fsp3) is 0.467. The summed E-state index contributed by atoms with van der Waals surface area (Å²) in [5.41, 5.74) is 10.4. The Morgan fingerprint density at radius 1 is 0.694 bits per heavy atom. The van der Waals surface area contributed by atoms with Gasteiger partial charge in [-0.3, -0.25) is 19.6 Å². The van der Waals surface area contributed by atoms with Crippen LogP contribution in [0.2, 0.25) is 0 Å². The monoisotopic (exact) mass is 484 g/mol. The Morgan fingerprint density at radius 3 is 1.50 bits per heavy atom. The van der Waals surface area contributed by atoms with Crippen molar-refractivity contribution < 1.29 is 9.59 Å². The molecule has 2 amide bonds. The van der Waals surface area contributed by atoms with Crippen molar-refractivity contribution in [1.29, 1.82) is 0 Å². The second-order valence-corrected chi connectivity index (χ2v) is 10.8. The molecule has 4 aliphatic rings. The van der Waals surface area contributed by atoms with Crippen LogP contribution in [0.5, 0.6) is 0 Å². The number of nitrogens with zero attached hydrogens (tertiary/aromatic N) is 4. The van der Waals surface area contributed by atoms with E-state index in [1.54, 1.807) is 0 Å². The third-order valence-electron chi connectivity index (χ3n) is 8.24. The summed E-state index contributed by atoms with van der Waals surface area (Å²) < 4.78 is 0. The molecule has 0 aliphatic carbocycles. The predicted octanol–water partition coefficient (Wildman–Crippen LogP) is 4.53. The highest BCUT2D eigenvalue weighted by molar-refractivity contribution is 5.86. The van der Waals surface area contributed by atoms with Crippen LogP contribution in [0.25, 0.3) is 0 Å². The van der Waals surface area contributed by atoms with Crippen molar-refractivity contribution in [1.82, 2.24) is 9.80 Å². The summed E-state index contributed by atoms with van der Waals surface area (Å²) in [7, 11) is 3.78. The van der Waals surface area contributed by atoms with E-state index in [-0.39, 0.29) is 11.8 Å². The minimum absolute atomic E-state index is 0.266. The van der Waals surface area contributed by atoms with Crippen LogP contribution in [-0.4, -0.2) is 61.2 Å². The lowest BCUT2D eigenvalue weighted by molar-refractivity contribution is -0.133. The first-order chi connectivity index (χ1) is 17.3. The highest BCUT2D eigenvalue weighted by atomic mass is 16.2. The van der Waals surface area contributed by atoms with Crippen molar-refractivity contribution in [3.8, 4) is 0 Å². The maximum absolute atomic E-state index is 11.8. The molecule has 188 valence electrons. The lowest BCUT2D eigenvalue weighted by Crippen LogP contribution is -2.35. The Balaban J connectivity index is 0.000000148. The number of hydrogen-bond donors (Lipinski definition) is 0. The summed E-state index contributed by atoms with van der Waals surface area (Å²) in [5, 5.41) is 0. The highest BCUT2D eigenvalue weighted by Gasteiger charge is 2.27. The Kier molecular flexibility index (Phi) is 6.78. The Bertz CT molecular complexity index is 1160. The van der Waals surface area contributed by atoms with Gasteiger partial charge in [-0.25, -0.2) is 0 Å². The third kappa shape index (κ3) is 4.86. The Morgan fingerprint density at radius 2 is 1.11 bits per heavy atom. The second-order valence-electron chi connectivity index (χ2n) is 10.8. The zero-order chi connectivity index (χ0) is 25.4. The van der Waals surface area contributed by atoms with Gasteiger partial charge in [0.05, 0.1) is 13.1 Å². The van der Waals surface area contributed by atoms with Gasteiger partial charge in [-0.15, -0.1) is 0 Å². The maximum atomic E-state index is 11.8. The quantitative estimate of drug-likeness (QED) is 0.629. The van der Waals surface area contributed by atoms with Crippen LogP contribution >= 0.6 is 0 Å². The zero-order valence-electron chi connectivity index (χ0n) is 21.9. The van der Waals surface area contributed by atoms with Crippen molar-refractivity contribution >= 4 is 24.2 Å². The molecule has 0 saturated carbocycles. The fourth-order valence-corrected chi connectivity index (χ4v) is 5.88. The molecule has 36 heavy (non-hydrogen) atoms. The second kappa shape index (κ2) is 10.00. The van der Waals surface area contributed by atoms with Crippen molar-refractivity contribution in [3.05, 3.63) is 68.8 Å². The molecule has 0 radical (unpaired) electrons. The molecule has 0 bridgehead atoms. The van der Waals surface area contributed by atoms with E-state index in [0.29, 0.717) is 24.7 Å². The van der Waals surface area contributed by atoms with Gasteiger partial charge in [0, 0.05) is 52.5 Å². The minimum Gasteiger partial charge on any atom is -0.346 e. The van der Waals surface area contributed by atoms with Crippen molar-refractivity contribution in [2.45, 2.75) is 64.5 Å². The summed E-state index contributed by atoms with van der Waals surface area (Å²) in [5.74, 6) is 1.31. The van der Waals surface area contributed by atoms with Crippen LogP contribution in [0.1, 0.15) is 82.0 Å². The van der Waals surface area contributed by atoms with Gasteiger partial charge in [-0.2, -0.15) is 0 Å². The smallest absolute Gasteiger partial charge is 0.222 e. The number of rotatable bonds is 2. The van der Waals surface area contributed by atoms with Crippen LogP contribution in [-0.2, 0) is 22.7 Å². The van der Waals surface area contributed by atoms with Crippen molar-refractivity contribution in [2.75, 3.05) is 27.2 Å². The number of amides is 2. The molecule has 0 aromatic heterocycles. The number of likely N-dealkylation sites (tertiary alicyclic amines) is 2. The molecule has 4 heterocycles. The number of fused-ring (bicyclic) bond motifs is 2. The van der Waals surface area contributed by atoms with Gasteiger partial charge in [0.15, 0.2) is 0 Å². The lowest BCUT2D eigenvalue weighted by atomic mass is 9.85. The van der Waals surface area contributed by atoms with Crippen molar-refractivity contribution in [3.63, 3.8) is 0 Å². The van der Waals surface area contributed by atoms with Crippen LogP contribution in [0.4, 0.5) is 0 Å². The molecule has 6 nitrogen and oxygen atoms in total. The van der Waals surface area contributed by atoms with E-state index in [9.17, 15) is 9.59 Å². The van der Waals surface area contributed by atoms with E-state index in [4.69, 9.17) is 0 Å². The van der Waals surface area contributed by atoms with Gasteiger partial charge >= 0.3 is 0 Å². The van der Waals surface area contributed by atoms with Crippen LogP contribution in [0, 0.1) is 13.8 Å². The molecule has 4 aliphatic heterocycles.